The molecule has 6 heteroatoms. The van der Waals surface area contributed by atoms with Crippen molar-refractivity contribution in [2.75, 3.05) is 13.2 Å². The molecule has 0 fully saturated rings. The Morgan fingerprint density at radius 1 is 0.459 bits per heavy atom. The number of carbonyl (C=O) groups excluding carboxylic acids is 2. The molecule has 0 aromatic heterocycles. The van der Waals surface area contributed by atoms with Gasteiger partial charge in [-0.2, -0.15) is 0 Å². The molecule has 0 rings (SSSR count). The number of hydrogen-bond acceptors (Lipinski definition) is 5. The van der Waals surface area contributed by atoms with Gasteiger partial charge in [-0.25, -0.2) is 0 Å². The number of carbonyl (C=O) groups is 2. The van der Waals surface area contributed by atoms with Crippen LogP contribution in [0.25, 0.3) is 0 Å². The number of allylic oxidation sites excluding steroid dienone is 5. The predicted molar refractivity (Wildman–Crippen MR) is 264 cm³/mol. The molecule has 0 aromatic carbocycles. The first-order chi connectivity index (χ1) is 30.0. The minimum atomic E-state index is -0.859. The van der Waals surface area contributed by atoms with Gasteiger partial charge in [0.25, 0.3) is 0 Å². The van der Waals surface area contributed by atoms with Crippen LogP contribution in [0.5, 0.6) is 0 Å². The number of ether oxygens (including phenoxy) is 1. The third kappa shape index (κ3) is 47.4. The molecule has 0 heterocycles. The Hall–Kier alpha value is -1.92. The maximum Gasteiger partial charge on any atom is 0.305 e. The van der Waals surface area contributed by atoms with Crippen LogP contribution in [-0.4, -0.2) is 47.4 Å². The fraction of sp³-hybridized carbons (Fsp3) is 0.855. The molecule has 0 saturated carbocycles. The number of esters is 1. The Morgan fingerprint density at radius 2 is 0.803 bits per heavy atom. The summed E-state index contributed by atoms with van der Waals surface area (Å²) in [5.74, 6) is -0.113. The number of nitrogens with one attached hydrogen (secondary N) is 1. The van der Waals surface area contributed by atoms with Crippen molar-refractivity contribution < 1.29 is 24.5 Å². The molecule has 0 aliphatic heterocycles. The zero-order chi connectivity index (χ0) is 44.4. The van der Waals surface area contributed by atoms with Crippen molar-refractivity contribution in [3.05, 3.63) is 36.5 Å². The predicted octanol–water partition coefficient (Wildman–Crippen LogP) is 16.1. The highest BCUT2D eigenvalue weighted by molar-refractivity contribution is 5.76. The standard InChI is InChI=1S/C55H103NO5/c1-3-5-7-9-11-13-15-16-17-18-19-21-24-28-31-35-39-43-47-53(58)52(51-57)56-54(59)48-44-40-36-32-29-25-22-20-23-26-30-34-38-42-46-50-61-55(60)49-45-41-37-33-27-14-12-10-8-6-4-2/h20,23,26,30,43,47,52-53,57-58H,3-19,21-22,24-25,27-29,31-42,44-46,48-51H2,1-2H3,(H,56,59)/b23-20-,30-26-,47-43+. The molecule has 0 radical (unpaired) electrons. The average Bonchev–Trinajstić information content (AvgIpc) is 3.26. The molecule has 6 nitrogen and oxygen atoms in total. The van der Waals surface area contributed by atoms with Gasteiger partial charge in [0.05, 0.1) is 25.4 Å². The minimum Gasteiger partial charge on any atom is -0.466 e. The van der Waals surface area contributed by atoms with Gasteiger partial charge in [0, 0.05) is 12.8 Å². The number of amides is 1. The summed E-state index contributed by atoms with van der Waals surface area (Å²) in [4.78, 5) is 24.4. The van der Waals surface area contributed by atoms with Crippen LogP contribution in [0.4, 0.5) is 0 Å². The number of unbranched alkanes of at least 4 members (excludes halogenated alkanes) is 35. The average molecular weight is 858 g/mol. The lowest BCUT2D eigenvalue weighted by atomic mass is 10.0. The van der Waals surface area contributed by atoms with Crippen LogP contribution < -0.4 is 5.32 Å². The number of rotatable bonds is 49. The van der Waals surface area contributed by atoms with E-state index in [4.69, 9.17) is 4.74 Å². The molecule has 358 valence electrons. The van der Waals surface area contributed by atoms with Gasteiger partial charge in [0.1, 0.15) is 0 Å². The lowest BCUT2D eigenvalue weighted by Gasteiger charge is -2.20. The molecule has 0 saturated heterocycles. The monoisotopic (exact) mass is 858 g/mol. The van der Waals surface area contributed by atoms with Gasteiger partial charge in [-0.15, -0.1) is 0 Å². The zero-order valence-electron chi connectivity index (χ0n) is 40.6. The van der Waals surface area contributed by atoms with E-state index in [2.05, 4.69) is 43.5 Å². The van der Waals surface area contributed by atoms with E-state index in [0.29, 0.717) is 19.4 Å². The summed E-state index contributed by atoms with van der Waals surface area (Å²) in [6.45, 7) is 4.84. The zero-order valence-corrected chi connectivity index (χ0v) is 40.6. The van der Waals surface area contributed by atoms with Crippen molar-refractivity contribution in [1.82, 2.24) is 5.32 Å². The van der Waals surface area contributed by atoms with Crippen LogP contribution in [0.15, 0.2) is 36.5 Å². The Morgan fingerprint density at radius 3 is 1.21 bits per heavy atom. The first-order valence-corrected chi connectivity index (χ1v) is 26.8. The molecule has 2 unspecified atom stereocenters. The fourth-order valence-corrected chi connectivity index (χ4v) is 8.04. The van der Waals surface area contributed by atoms with Gasteiger partial charge < -0.3 is 20.3 Å². The molecule has 2 atom stereocenters. The highest BCUT2D eigenvalue weighted by Gasteiger charge is 2.18. The van der Waals surface area contributed by atoms with E-state index < -0.39 is 12.1 Å². The van der Waals surface area contributed by atoms with Crippen molar-refractivity contribution >= 4 is 11.9 Å². The van der Waals surface area contributed by atoms with Crippen LogP contribution in [0.2, 0.25) is 0 Å². The second-order valence-electron chi connectivity index (χ2n) is 18.2. The van der Waals surface area contributed by atoms with Gasteiger partial charge >= 0.3 is 5.97 Å². The molecule has 0 aromatic rings. The second kappa shape index (κ2) is 50.7. The molecular weight excluding hydrogens is 755 g/mol. The fourth-order valence-electron chi connectivity index (χ4n) is 8.04. The minimum absolute atomic E-state index is 0.0235. The third-order valence-electron chi connectivity index (χ3n) is 12.2. The van der Waals surface area contributed by atoms with E-state index in [9.17, 15) is 19.8 Å². The van der Waals surface area contributed by atoms with Crippen molar-refractivity contribution in [2.45, 2.75) is 289 Å². The summed E-state index contributed by atoms with van der Waals surface area (Å²) < 4.78 is 5.42. The Balaban J connectivity index is 3.57. The van der Waals surface area contributed by atoms with E-state index in [1.807, 2.05) is 6.08 Å². The molecule has 0 spiro atoms. The van der Waals surface area contributed by atoms with E-state index in [-0.39, 0.29) is 18.5 Å². The Kier molecular flexibility index (Phi) is 49.1. The van der Waals surface area contributed by atoms with Crippen LogP contribution in [-0.2, 0) is 14.3 Å². The largest absolute Gasteiger partial charge is 0.466 e. The summed E-state index contributed by atoms with van der Waals surface area (Å²) in [7, 11) is 0. The molecular formula is C55H103NO5. The van der Waals surface area contributed by atoms with Crippen LogP contribution in [0.1, 0.15) is 277 Å². The van der Waals surface area contributed by atoms with Gasteiger partial charge in [-0.1, -0.05) is 237 Å². The van der Waals surface area contributed by atoms with Gasteiger partial charge in [-0.3, -0.25) is 9.59 Å². The number of hydrogen-bond donors (Lipinski definition) is 3. The third-order valence-corrected chi connectivity index (χ3v) is 12.2. The van der Waals surface area contributed by atoms with Gasteiger partial charge in [0.15, 0.2) is 0 Å². The van der Waals surface area contributed by atoms with E-state index >= 15 is 0 Å². The molecule has 3 N–H and O–H groups in total. The van der Waals surface area contributed by atoms with Crippen LogP contribution >= 0.6 is 0 Å². The number of aliphatic hydroxyl groups is 2. The first kappa shape index (κ1) is 59.1. The van der Waals surface area contributed by atoms with Crippen LogP contribution in [0, 0.1) is 0 Å². The Labute approximate surface area is 379 Å². The Bertz CT molecular complexity index is 993. The van der Waals surface area contributed by atoms with Crippen molar-refractivity contribution in [1.29, 1.82) is 0 Å². The van der Waals surface area contributed by atoms with Crippen molar-refractivity contribution in [2.24, 2.45) is 0 Å². The van der Waals surface area contributed by atoms with Crippen molar-refractivity contribution in [3.63, 3.8) is 0 Å². The van der Waals surface area contributed by atoms with E-state index in [1.54, 1.807) is 6.08 Å². The maximum atomic E-state index is 12.4. The SMILES string of the molecule is CCCCCCCCCCCCCCCCCC/C=C/C(O)C(CO)NC(=O)CCCCCCCC/C=C\C=C/CCCCCOC(=O)CCCCCCCCCCCCC. The topological polar surface area (TPSA) is 95.9 Å². The van der Waals surface area contributed by atoms with Gasteiger partial charge in [-0.05, 0) is 64.2 Å². The van der Waals surface area contributed by atoms with Crippen LogP contribution in [0.3, 0.4) is 0 Å². The molecule has 61 heavy (non-hydrogen) atoms. The molecule has 1 amide bonds. The smallest absolute Gasteiger partial charge is 0.305 e. The number of aliphatic hydroxyl groups excluding tert-OH is 2. The summed E-state index contributed by atoms with van der Waals surface area (Å²) in [5.41, 5.74) is 0. The van der Waals surface area contributed by atoms with E-state index in [0.717, 1.165) is 77.0 Å². The maximum absolute atomic E-state index is 12.4. The summed E-state index contributed by atoms with van der Waals surface area (Å²) in [5, 5.41) is 23.1. The molecule has 0 aliphatic carbocycles. The van der Waals surface area contributed by atoms with Crippen molar-refractivity contribution in [3.8, 4) is 0 Å². The van der Waals surface area contributed by atoms with E-state index in [1.165, 1.54) is 173 Å². The second-order valence-corrected chi connectivity index (χ2v) is 18.2. The summed E-state index contributed by atoms with van der Waals surface area (Å²) in [6, 6.07) is -0.644. The summed E-state index contributed by atoms with van der Waals surface area (Å²) in [6.07, 6.45) is 61.5. The highest BCUT2D eigenvalue weighted by atomic mass is 16.5. The quantitative estimate of drug-likeness (QED) is 0.0245. The highest BCUT2D eigenvalue weighted by Crippen LogP contribution is 2.16. The summed E-state index contributed by atoms with van der Waals surface area (Å²) >= 11 is 0. The molecule has 0 aliphatic rings. The lowest BCUT2D eigenvalue weighted by Crippen LogP contribution is -2.45. The lowest BCUT2D eigenvalue weighted by molar-refractivity contribution is -0.143. The normalized spacial score (nSPS) is 12.9. The first-order valence-electron chi connectivity index (χ1n) is 26.8. The molecule has 0 bridgehead atoms. The van der Waals surface area contributed by atoms with Gasteiger partial charge in [0.2, 0.25) is 5.91 Å².